The highest BCUT2D eigenvalue weighted by molar-refractivity contribution is 7.89. The predicted molar refractivity (Wildman–Crippen MR) is 158 cm³/mol. The Balaban J connectivity index is 1.84. The van der Waals surface area contributed by atoms with Gasteiger partial charge in [-0.3, -0.25) is 9.78 Å². The van der Waals surface area contributed by atoms with Crippen LogP contribution in [0.15, 0.2) is 59.9 Å². The number of nitrogens with zero attached hydrogens (tertiary/aromatic N) is 4. The van der Waals surface area contributed by atoms with Crippen LogP contribution in [0, 0.1) is 0 Å². The van der Waals surface area contributed by atoms with E-state index in [4.69, 9.17) is 15.2 Å². The number of benzene rings is 1. The number of nitrogen functional groups attached to an aromatic ring is 1. The van der Waals surface area contributed by atoms with E-state index in [1.165, 1.54) is 36.7 Å². The highest BCUT2D eigenvalue weighted by Crippen LogP contribution is 2.24. The Bertz CT molecular complexity index is 1570. The average molecular weight is 614 g/mol. The molecule has 14 nitrogen and oxygen atoms in total. The van der Waals surface area contributed by atoms with E-state index in [1.54, 1.807) is 59.9 Å². The molecule has 1 aromatic carbocycles. The topological polar surface area (TPSA) is 196 Å². The number of pyridine rings is 1. The lowest BCUT2D eigenvalue weighted by molar-refractivity contribution is 0.0375. The molecule has 3 aromatic rings. The molecule has 4 N–H and O–H groups in total. The van der Waals surface area contributed by atoms with Crippen LogP contribution < -0.4 is 16.4 Å². The van der Waals surface area contributed by atoms with Gasteiger partial charge in [-0.15, -0.1) is 0 Å². The monoisotopic (exact) mass is 613 g/mol. The van der Waals surface area contributed by atoms with E-state index >= 15 is 0 Å². The summed E-state index contributed by atoms with van der Waals surface area (Å²) >= 11 is 0. The first-order valence-corrected chi connectivity index (χ1v) is 14.6. The number of nitrogens with one attached hydrogen (secondary N) is 2. The van der Waals surface area contributed by atoms with Crippen molar-refractivity contribution >= 4 is 39.6 Å². The van der Waals surface area contributed by atoms with Crippen LogP contribution in [0.3, 0.4) is 0 Å². The van der Waals surface area contributed by atoms with E-state index in [9.17, 15) is 22.8 Å². The zero-order chi connectivity index (χ0) is 32.0. The maximum atomic E-state index is 13.6. The third-order valence-corrected chi connectivity index (χ3v) is 7.03. The number of nitrogens with two attached hydrogens (primary N) is 1. The number of anilines is 2. The van der Waals surface area contributed by atoms with Gasteiger partial charge in [-0.05, 0) is 65.8 Å². The molecule has 15 heteroatoms. The minimum absolute atomic E-state index is 0.0997. The summed E-state index contributed by atoms with van der Waals surface area (Å²) in [5.74, 6) is -0.704. The van der Waals surface area contributed by atoms with Crippen LogP contribution in [-0.4, -0.2) is 70.1 Å². The van der Waals surface area contributed by atoms with Gasteiger partial charge in [0.05, 0.1) is 35.2 Å². The Hall–Kier alpha value is -4.79. The molecule has 0 radical (unpaired) electrons. The highest BCUT2D eigenvalue weighted by Gasteiger charge is 2.33. The van der Waals surface area contributed by atoms with E-state index in [-0.39, 0.29) is 28.6 Å². The van der Waals surface area contributed by atoms with Crippen molar-refractivity contribution in [2.75, 3.05) is 24.1 Å². The first-order valence-electron chi connectivity index (χ1n) is 13.1. The molecular formula is C28H35N7O7S. The Kier molecular flexibility index (Phi) is 9.91. The first-order chi connectivity index (χ1) is 20.0. The van der Waals surface area contributed by atoms with Gasteiger partial charge in [0.15, 0.2) is 11.5 Å². The van der Waals surface area contributed by atoms with Gasteiger partial charge in [-0.2, -0.15) is 4.31 Å². The van der Waals surface area contributed by atoms with Gasteiger partial charge in [-0.1, -0.05) is 12.1 Å². The van der Waals surface area contributed by atoms with E-state index in [2.05, 4.69) is 25.6 Å². The molecule has 0 bridgehead atoms. The van der Waals surface area contributed by atoms with E-state index in [0.717, 1.165) is 0 Å². The fourth-order valence-electron chi connectivity index (χ4n) is 3.45. The lowest BCUT2D eigenvalue weighted by Gasteiger charge is -2.27. The summed E-state index contributed by atoms with van der Waals surface area (Å²) in [5, 5.41) is 5.07. The molecule has 0 saturated carbocycles. The van der Waals surface area contributed by atoms with Crippen LogP contribution in [0.4, 0.5) is 21.1 Å². The molecule has 2 aromatic heterocycles. The number of ether oxygens (including phenoxy) is 2. The summed E-state index contributed by atoms with van der Waals surface area (Å²) in [7, 11) is -4.43. The largest absolute Gasteiger partial charge is 0.444 e. The minimum Gasteiger partial charge on any atom is -0.444 e. The van der Waals surface area contributed by atoms with Gasteiger partial charge in [0.2, 0.25) is 0 Å². The van der Waals surface area contributed by atoms with Crippen LogP contribution in [0.2, 0.25) is 0 Å². The zero-order valence-corrected chi connectivity index (χ0v) is 25.6. The van der Waals surface area contributed by atoms with E-state index in [0.29, 0.717) is 15.6 Å². The quantitative estimate of drug-likeness (QED) is 0.334. The second-order valence-corrected chi connectivity index (χ2v) is 13.1. The van der Waals surface area contributed by atoms with Gasteiger partial charge < -0.3 is 25.8 Å². The normalized spacial score (nSPS) is 11.8. The molecule has 0 aliphatic carbocycles. The van der Waals surface area contributed by atoms with Crippen molar-refractivity contribution in [1.82, 2.24) is 24.6 Å². The predicted octanol–water partition coefficient (Wildman–Crippen LogP) is 3.82. The first kappa shape index (κ1) is 32.7. The van der Waals surface area contributed by atoms with Crippen molar-refractivity contribution in [1.29, 1.82) is 0 Å². The lowest BCUT2D eigenvalue weighted by Crippen LogP contribution is -2.45. The molecule has 0 atom stereocenters. The highest BCUT2D eigenvalue weighted by atomic mass is 32.2. The average Bonchev–Trinajstić information content (AvgIpc) is 2.90. The molecule has 0 unspecified atom stereocenters. The number of alkyl carbamates (subject to hydrolysis) is 1. The smallest absolute Gasteiger partial charge is 0.424 e. The van der Waals surface area contributed by atoms with Gasteiger partial charge in [0, 0.05) is 18.3 Å². The summed E-state index contributed by atoms with van der Waals surface area (Å²) in [6.45, 7) is 9.20. The van der Waals surface area contributed by atoms with Crippen molar-refractivity contribution in [3.63, 3.8) is 0 Å². The summed E-state index contributed by atoms with van der Waals surface area (Å²) in [5.41, 5.74) is 5.12. The zero-order valence-electron chi connectivity index (χ0n) is 24.7. The molecule has 3 rings (SSSR count). The van der Waals surface area contributed by atoms with Crippen LogP contribution >= 0.6 is 0 Å². The van der Waals surface area contributed by atoms with Crippen LogP contribution in [0.1, 0.15) is 52.0 Å². The van der Waals surface area contributed by atoms with Crippen LogP contribution in [0.5, 0.6) is 0 Å². The number of sulfonamides is 1. The maximum absolute atomic E-state index is 13.6. The number of hydrogen-bond donors (Lipinski definition) is 3. The number of rotatable bonds is 8. The molecule has 0 spiro atoms. The fourth-order valence-corrected chi connectivity index (χ4v) is 4.75. The summed E-state index contributed by atoms with van der Waals surface area (Å²) in [6.07, 6.45) is 2.48. The Morgan fingerprint density at radius 3 is 2.19 bits per heavy atom. The Labute approximate surface area is 250 Å². The summed E-state index contributed by atoms with van der Waals surface area (Å²) in [6, 6.07) is 8.74. The lowest BCUT2D eigenvalue weighted by atomic mass is 10.1. The summed E-state index contributed by atoms with van der Waals surface area (Å²) < 4.78 is 38.1. The van der Waals surface area contributed by atoms with Crippen LogP contribution in [-0.2, 0) is 19.5 Å². The molecular weight excluding hydrogens is 578 g/mol. The second kappa shape index (κ2) is 13.0. The SMILES string of the molecule is CC(C)(C)OC(=O)NCCN(C(=O)OC(C)(C)C)S(=O)(=O)c1ccc(-c2cnc(N)c(C(=O)Nc3cccnc3)n2)cc1. The number of amides is 3. The van der Waals surface area contributed by atoms with Crippen LogP contribution in [0.25, 0.3) is 11.3 Å². The van der Waals surface area contributed by atoms with E-state index < -0.39 is 45.9 Å². The van der Waals surface area contributed by atoms with Gasteiger partial charge in [0.25, 0.3) is 15.9 Å². The number of hydrogen-bond acceptors (Lipinski definition) is 11. The molecule has 0 fully saturated rings. The van der Waals surface area contributed by atoms with E-state index in [1.807, 2.05) is 0 Å². The van der Waals surface area contributed by atoms with Gasteiger partial charge in [-0.25, -0.2) is 28.0 Å². The fraction of sp³-hybridized carbons (Fsp3) is 0.357. The molecule has 0 aliphatic heterocycles. The van der Waals surface area contributed by atoms with Crippen molar-refractivity contribution in [2.45, 2.75) is 57.6 Å². The third-order valence-electron chi connectivity index (χ3n) is 5.25. The molecule has 2 heterocycles. The molecule has 230 valence electrons. The molecule has 43 heavy (non-hydrogen) atoms. The number of carbonyl (C=O) groups is 3. The van der Waals surface area contributed by atoms with Crippen molar-refractivity contribution < 1.29 is 32.3 Å². The van der Waals surface area contributed by atoms with Crippen molar-refractivity contribution in [3.05, 3.63) is 60.7 Å². The molecule has 0 saturated heterocycles. The second-order valence-electron chi connectivity index (χ2n) is 11.2. The number of aromatic nitrogens is 3. The summed E-state index contributed by atoms with van der Waals surface area (Å²) in [4.78, 5) is 49.8. The Morgan fingerprint density at radius 2 is 1.60 bits per heavy atom. The third kappa shape index (κ3) is 9.36. The van der Waals surface area contributed by atoms with Gasteiger partial charge in [0.1, 0.15) is 11.2 Å². The molecule has 3 amide bonds. The van der Waals surface area contributed by atoms with Crippen molar-refractivity contribution in [3.8, 4) is 11.3 Å². The van der Waals surface area contributed by atoms with Gasteiger partial charge >= 0.3 is 12.2 Å². The van der Waals surface area contributed by atoms with Crippen molar-refractivity contribution in [2.24, 2.45) is 0 Å². The number of carbonyl (C=O) groups excluding carboxylic acids is 3. The maximum Gasteiger partial charge on any atom is 0.424 e. The minimum atomic E-state index is -4.43. The standard InChI is InChI=1S/C28H35N7O7S/c1-27(2,3)41-25(37)31-14-15-35(26(38)42-28(4,5)6)43(39,40)20-11-9-18(10-12-20)21-17-32-23(29)22(34-21)24(36)33-19-8-7-13-30-16-19/h7-13,16-17H,14-15H2,1-6H3,(H2,29,32)(H,31,37)(H,33,36). The Morgan fingerprint density at radius 1 is 0.953 bits per heavy atom. The molecule has 0 aliphatic rings.